The number of aryl methyl sites for hydroxylation is 1. The summed E-state index contributed by atoms with van der Waals surface area (Å²) >= 11 is 12.6. The number of nitrogens with one attached hydrogen (secondary N) is 1. The Labute approximate surface area is 247 Å². The van der Waals surface area contributed by atoms with Gasteiger partial charge in [-0.25, -0.2) is 8.42 Å². The lowest BCUT2D eigenvalue weighted by atomic mass is 10.0. The molecule has 7 nitrogen and oxygen atoms in total. The second-order valence-electron chi connectivity index (χ2n) is 9.66. The zero-order valence-corrected chi connectivity index (χ0v) is 25.3. The molecule has 0 aliphatic rings. The number of hydrogen-bond donors (Lipinski definition) is 1. The van der Waals surface area contributed by atoms with Gasteiger partial charge in [0.2, 0.25) is 21.8 Å². The second-order valence-corrected chi connectivity index (χ2v) is 12.4. The van der Waals surface area contributed by atoms with Gasteiger partial charge in [-0.15, -0.1) is 0 Å². The van der Waals surface area contributed by atoms with Crippen LogP contribution in [-0.2, 0) is 32.6 Å². The van der Waals surface area contributed by atoms with E-state index in [1.807, 2.05) is 37.3 Å². The summed E-state index contributed by atoms with van der Waals surface area (Å²) in [6.07, 6.45) is 2.98. The van der Waals surface area contributed by atoms with E-state index in [1.54, 1.807) is 49.4 Å². The fourth-order valence-electron chi connectivity index (χ4n) is 4.36. The monoisotopic (exact) mass is 603 g/mol. The van der Waals surface area contributed by atoms with Crippen molar-refractivity contribution in [1.82, 2.24) is 10.2 Å². The zero-order chi connectivity index (χ0) is 29.3. The van der Waals surface area contributed by atoms with E-state index in [-0.39, 0.29) is 18.9 Å². The van der Waals surface area contributed by atoms with Crippen molar-refractivity contribution in [3.63, 3.8) is 0 Å². The average Bonchev–Trinajstić information content (AvgIpc) is 2.90. The summed E-state index contributed by atoms with van der Waals surface area (Å²) in [4.78, 5) is 29.1. The molecule has 0 radical (unpaired) electrons. The largest absolute Gasteiger partial charge is 0.354 e. The fourth-order valence-corrected chi connectivity index (χ4v) is 5.69. The first kappa shape index (κ1) is 31.5. The van der Waals surface area contributed by atoms with E-state index < -0.39 is 28.5 Å². The van der Waals surface area contributed by atoms with Crippen LogP contribution in [0.25, 0.3) is 0 Å². The van der Waals surface area contributed by atoms with Crippen molar-refractivity contribution in [2.45, 2.75) is 45.7 Å². The topological polar surface area (TPSA) is 86.8 Å². The van der Waals surface area contributed by atoms with Gasteiger partial charge in [0, 0.05) is 29.6 Å². The van der Waals surface area contributed by atoms with E-state index >= 15 is 0 Å². The highest BCUT2D eigenvalue weighted by Gasteiger charge is 2.33. The predicted octanol–water partition coefficient (Wildman–Crippen LogP) is 5.62. The molecule has 0 saturated heterocycles. The van der Waals surface area contributed by atoms with Gasteiger partial charge in [-0.2, -0.15) is 0 Å². The second kappa shape index (κ2) is 14.5. The molecule has 1 atom stereocenters. The lowest BCUT2D eigenvalue weighted by Gasteiger charge is -2.34. The number of sulfonamides is 1. The highest BCUT2D eigenvalue weighted by atomic mass is 35.5. The van der Waals surface area contributed by atoms with Crippen LogP contribution in [0.5, 0.6) is 0 Å². The average molecular weight is 605 g/mol. The Hall–Kier alpha value is -3.07. The van der Waals surface area contributed by atoms with Gasteiger partial charge in [-0.3, -0.25) is 13.9 Å². The molecule has 0 fully saturated rings. The maximum absolute atomic E-state index is 14.1. The Morgan fingerprint density at radius 2 is 1.65 bits per heavy atom. The number of benzene rings is 3. The molecule has 214 valence electrons. The number of amides is 2. The molecule has 0 aromatic heterocycles. The predicted molar refractivity (Wildman–Crippen MR) is 162 cm³/mol. The van der Waals surface area contributed by atoms with Gasteiger partial charge in [0.1, 0.15) is 12.6 Å². The van der Waals surface area contributed by atoms with E-state index in [0.29, 0.717) is 33.4 Å². The molecule has 0 aliphatic carbocycles. The lowest BCUT2D eigenvalue weighted by Crippen LogP contribution is -2.53. The Morgan fingerprint density at radius 1 is 0.975 bits per heavy atom. The van der Waals surface area contributed by atoms with Crippen LogP contribution in [0, 0.1) is 6.92 Å². The van der Waals surface area contributed by atoms with Gasteiger partial charge in [0.05, 0.1) is 11.9 Å². The minimum atomic E-state index is -3.87. The van der Waals surface area contributed by atoms with Crippen molar-refractivity contribution in [3.05, 3.63) is 99.5 Å². The van der Waals surface area contributed by atoms with Crippen molar-refractivity contribution in [2.75, 3.05) is 23.7 Å². The summed E-state index contributed by atoms with van der Waals surface area (Å²) in [5.41, 5.74) is 2.45. The Morgan fingerprint density at radius 3 is 2.27 bits per heavy atom. The van der Waals surface area contributed by atoms with Gasteiger partial charge < -0.3 is 10.2 Å². The van der Waals surface area contributed by atoms with Gasteiger partial charge in [-0.1, -0.05) is 85.1 Å². The molecule has 10 heteroatoms. The first-order chi connectivity index (χ1) is 19.0. The van der Waals surface area contributed by atoms with E-state index in [0.717, 1.165) is 29.0 Å². The first-order valence-corrected chi connectivity index (χ1v) is 15.7. The summed E-state index contributed by atoms with van der Waals surface area (Å²) in [5.74, 6) is -0.849. The van der Waals surface area contributed by atoms with Crippen LogP contribution < -0.4 is 9.62 Å². The Kier molecular flexibility index (Phi) is 11.4. The summed E-state index contributed by atoms with van der Waals surface area (Å²) in [7, 11) is -3.87. The van der Waals surface area contributed by atoms with E-state index in [1.165, 1.54) is 4.90 Å². The third-order valence-corrected chi connectivity index (χ3v) is 8.24. The van der Waals surface area contributed by atoms with Crippen LogP contribution in [0.15, 0.2) is 72.8 Å². The lowest BCUT2D eigenvalue weighted by molar-refractivity contribution is -0.140. The number of carbonyl (C=O) groups is 2. The van der Waals surface area contributed by atoms with Gasteiger partial charge in [-0.05, 0) is 54.3 Å². The summed E-state index contributed by atoms with van der Waals surface area (Å²) < 4.78 is 26.9. The maximum atomic E-state index is 14.1. The zero-order valence-electron chi connectivity index (χ0n) is 22.9. The van der Waals surface area contributed by atoms with Gasteiger partial charge in [0.25, 0.3) is 0 Å². The normalized spacial score (nSPS) is 12.0. The minimum absolute atomic E-state index is 0.0222. The van der Waals surface area contributed by atoms with Crippen LogP contribution in [0.3, 0.4) is 0 Å². The van der Waals surface area contributed by atoms with Crippen molar-refractivity contribution < 1.29 is 18.0 Å². The maximum Gasteiger partial charge on any atom is 0.244 e. The molecule has 1 N–H and O–H groups in total. The quantitative estimate of drug-likeness (QED) is 0.257. The van der Waals surface area contributed by atoms with Crippen LogP contribution in [-0.4, -0.2) is 50.5 Å². The third-order valence-electron chi connectivity index (χ3n) is 6.51. The number of nitrogens with zero attached hydrogens (tertiary/aromatic N) is 2. The number of carbonyl (C=O) groups excluding carboxylic acids is 2. The summed E-state index contributed by atoms with van der Waals surface area (Å²) in [6, 6.07) is 20.4. The van der Waals surface area contributed by atoms with E-state index in [4.69, 9.17) is 23.2 Å². The number of unbranched alkanes of at least 4 members (excludes halogenated alkanes) is 1. The van der Waals surface area contributed by atoms with E-state index in [9.17, 15) is 18.0 Å². The Balaban J connectivity index is 2.06. The van der Waals surface area contributed by atoms with E-state index in [2.05, 4.69) is 5.32 Å². The van der Waals surface area contributed by atoms with Crippen LogP contribution in [0.1, 0.15) is 36.5 Å². The van der Waals surface area contributed by atoms with Crippen molar-refractivity contribution in [2.24, 2.45) is 0 Å². The molecule has 3 aromatic rings. The number of anilines is 1. The van der Waals surface area contributed by atoms with Crippen molar-refractivity contribution in [1.29, 1.82) is 0 Å². The molecule has 0 aliphatic heterocycles. The smallest absolute Gasteiger partial charge is 0.244 e. The van der Waals surface area contributed by atoms with Crippen molar-refractivity contribution in [3.8, 4) is 0 Å². The molecule has 1 unspecified atom stereocenters. The molecule has 0 heterocycles. The molecule has 2 amide bonds. The number of hydrogen-bond acceptors (Lipinski definition) is 4. The van der Waals surface area contributed by atoms with Crippen molar-refractivity contribution >= 4 is 50.7 Å². The molecule has 0 bridgehead atoms. The Bertz CT molecular complexity index is 1420. The third kappa shape index (κ3) is 8.71. The van der Waals surface area contributed by atoms with Gasteiger partial charge >= 0.3 is 0 Å². The van der Waals surface area contributed by atoms with Crippen LogP contribution in [0.2, 0.25) is 10.0 Å². The minimum Gasteiger partial charge on any atom is -0.354 e. The summed E-state index contributed by atoms with van der Waals surface area (Å²) in [5, 5.41) is 3.85. The molecular formula is C30H35Cl2N3O4S. The molecule has 3 rings (SSSR count). The summed E-state index contributed by atoms with van der Waals surface area (Å²) in [6.45, 7) is 3.74. The molecule has 0 spiro atoms. The number of halogens is 2. The SMILES string of the molecule is CCCCNC(=O)C(Cc1ccccc1)N(Cc1ccccc1Cl)C(=O)CN(c1ccc(Cl)cc1C)S(C)(=O)=O. The molecule has 3 aromatic carbocycles. The van der Waals surface area contributed by atoms with Crippen LogP contribution >= 0.6 is 23.2 Å². The standard InChI is InChI=1S/C30H35Cl2N3O4S/c1-4-5-17-33-30(37)28(19-23-11-7-6-8-12-23)34(20-24-13-9-10-14-26(24)32)29(36)21-35(40(3,38)39)27-16-15-25(31)18-22(27)2/h6-16,18,28H,4-5,17,19-21H2,1-3H3,(H,33,37). The van der Waals surface area contributed by atoms with Gasteiger partial charge in [0.15, 0.2) is 0 Å². The molecule has 0 saturated carbocycles. The molecule has 40 heavy (non-hydrogen) atoms. The first-order valence-electron chi connectivity index (χ1n) is 13.1. The molecular weight excluding hydrogens is 569 g/mol. The van der Waals surface area contributed by atoms with Crippen LogP contribution in [0.4, 0.5) is 5.69 Å². The highest BCUT2D eigenvalue weighted by Crippen LogP contribution is 2.27. The number of rotatable bonds is 13. The highest BCUT2D eigenvalue weighted by molar-refractivity contribution is 7.92. The fraction of sp³-hybridized carbons (Fsp3) is 0.333.